The van der Waals surface area contributed by atoms with Gasteiger partial charge in [0.15, 0.2) is 6.10 Å². The minimum Gasteiger partial charge on any atom is -0.481 e. The van der Waals surface area contributed by atoms with Gasteiger partial charge in [-0.25, -0.2) is 0 Å². The Morgan fingerprint density at radius 2 is 1.68 bits per heavy atom. The Bertz CT molecular complexity index is 1030. The van der Waals surface area contributed by atoms with Crippen LogP contribution in [0, 0.1) is 0 Å². The predicted octanol–water partition coefficient (Wildman–Crippen LogP) is 4.12. The number of hydrazine groups is 1. The number of nitrogens with one attached hydrogen (secondary N) is 2. The first-order valence-electron chi connectivity index (χ1n) is 8.71. The maximum absolute atomic E-state index is 12.1. The van der Waals surface area contributed by atoms with Crippen LogP contribution in [0.1, 0.15) is 12.5 Å². The number of carbonyl (C=O) groups excluding carboxylic acids is 2. The average Bonchev–Trinajstić information content (AvgIpc) is 2.71. The number of carbonyl (C=O) groups is 2. The summed E-state index contributed by atoms with van der Waals surface area (Å²) < 4.78 is 5.66. The van der Waals surface area contributed by atoms with Gasteiger partial charge in [-0.05, 0) is 47.5 Å². The highest BCUT2D eigenvalue weighted by Crippen LogP contribution is 2.21. The second-order valence-electron chi connectivity index (χ2n) is 6.10. The fourth-order valence-electron chi connectivity index (χ4n) is 2.54. The van der Waals surface area contributed by atoms with E-state index in [0.29, 0.717) is 16.3 Å². The number of amides is 2. The van der Waals surface area contributed by atoms with E-state index < -0.39 is 17.9 Å². The molecule has 1 atom stereocenters. The molecule has 0 aromatic heterocycles. The molecule has 0 fully saturated rings. The van der Waals surface area contributed by atoms with Crippen molar-refractivity contribution in [2.45, 2.75) is 13.0 Å². The SMILES string of the molecule is CC(Oc1ccc2ccccc2c1)C(=O)NNC(=O)C=Cc1ccccc1Cl. The zero-order valence-electron chi connectivity index (χ0n) is 15.2. The van der Waals surface area contributed by atoms with Crippen molar-refractivity contribution in [1.82, 2.24) is 10.9 Å². The van der Waals surface area contributed by atoms with E-state index in [1.807, 2.05) is 42.5 Å². The van der Waals surface area contributed by atoms with Crippen LogP contribution in [0.15, 0.2) is 72.8 Å². The smallest absolute Gasteiger partial charge is 0.279 e. The number of halogens is 1. The number of ether oxygens (including phenoxy) is 1. The van der Waals surface area contributed by atoms with Crippen LogP contribution in [-0.2, 0) is 9.59 Å². The van der Waals surface area contributed by atoms with Gasteiger partial charge in [0, 0.05) is 11.1 Å². The molecule has 3 aromatic carbocycles. The molecule has 0 radical (unpaired) electrons. The van der Waals surface area contributed by atoms with E-state index in [9.17, 15) is 9.59 Å². The molecule has 0 saturated heterocycles. The lowest BCUT2D eigenvalue weighted by Gasteiger charge is -2.15. The quantitative estimate of drug-likeness (QED) is 0.505. The van der Waals surface area contributed by atoms with Gasteiger partial charge >= 0.3 is 0 Å². The molecule has 0 spiro atoms. The molecule has 0 aliphatic heterocycles. The molecule has 1 unspecified atom stereocenters. The summed E-state index contributed by atoms with van der Waals surface area (Å²) >= 11 is 6.02. The number of benzene rings is 3. The van der Waals surface area contributed by atoms with Crippen LogP contribution < -0.4 is 15.6 Å². The van der Waals surface area contributed by atoms with Crippen molar-refractivity contribution in [2.75, 3.05) is 0 Å². The van der Waals surface area contributed by atoms with Crippen LogP contribution in [0.2, 0.25) is 5.02 Å². The third kappa shape index (κ3) is 5.11. The van der Waals surface area contributed by atoms with Crippen LogP contribution in [0.25, 0.3) is 16.8 Å². The Labute approximate surface area is 167 Å². The maximum Gasteiger partial charge on any atom is 0.279 e. The van der Waals surface area contributed by atoms with Gasteiger partial charge < -0.3 is 4.74 Å². The standard InChI is InChI=1S/C22H19ClN2O3/c1-15(28-19-12-10-16-6-2-3-8-18(16)14-19)22(27)25-24-21(26)13-11-17-7-4-5-9-20(17)23/h2-15H,1H3,(H,24,26)(H,25,27). The van der Waals surface area contributed by atoms with Crippen LogP contribution in [0.5, 0.6) is 5.75 Å². The lowest BCUT2D eigenvalue weighted by molar-refractivity contribution is -0.131. The Morgan fingerprint density at radius 1 is 0.964 bits per heavy atom. The lowest BCUT2D eigenvalue weighted by Crippen LogP contribution is -2.46. The van der Waals surface area contributed by atoms with Gasteiger partial charge in [-0.15, -0.1) is 0 Å². The van der Waals surface area contributed by atoms with Gasteiger partial charge in [-0.3, -0.25) is 20.4 Å². The summed E-state index contributed by atoms with van der Waals surface area (Å²) in [4.78, 5) is 24.0. The molecule has 0 aliphatic carbocycles. The summed E-state index contributed by atoms with van der Waals surface area (Å²) in [6.45, 7) is 1.61. The van der Waals surface area contributed by atoms with E-state index >= 15 is 0 Å². The molecule has 0 bridgehead atoms. The van der Waals surface area contributed by atoms with E-state index in [1.54, 1.807) is 37.3 Å². The summed E-state index contributed by atoms with van der Waals surface area (Å²) in [6, 6.07) is 20.6. The zero-order valence-corrected chi connectivity index (χ0v) is 15.9. The van der Waals surface area contributed by atoms with Crippen molar-refractivity contribution >= 4 is 40.3 Å². The maximum atomic E-state index is 12.1. The summed E-state index contributed by atoms with van der Waals surface area (Å²) in [5, 5.41) is 2.64. The summed E-state index contributed by atoms with van der Waals surface area (Å²) in [7, 11) is 0. The predicted molar refractivity (Wildman–Crippen MR) is 111 cm³/mol. The van der Waals surface area contributed by atoms with E-state index in [2.05, 4.69) is 10.9 Å². The second-order valence-corrected chi connectivity index (χ2v) is 6.51. The van der Waals surface area contributed by atoms with Crippen molar-refractivity contribution < 1.29 is 14.3 Å². The molecule has 6 heteroatoms. The Balaban J connectivity index is 1.52. The molecule has 28 heavy (non-hydrogen) atoms. The van der Waals surface area contributed by atoms with Gasteiger partial charge in [0.25, 0.3) is 11.8 Å². The molecule has 3 aromatic rings. The van der Waals surface area contributed by atoms with Gasteiger partial charge in [0.1, 0.15) is 5.75 Å². The van der Waals surface area contributed by atoms with Gasteiger partial charge in [-0.1, -0.05) is 60.1 Å². The van der Waals surface area contributed by atoms with Gasteiger partial charge in [0.2, 0.25) is 0 Å². The minimum absolute atomic E-state index is 0.465. The van der Waals surface area contributed by atoms with Crippen molar-refractivity contribution in [1.29, 1.82) is 0 Å². The van der Waals surface area contributed by atoms with Crippen LogP contribution >= 0.6 is 11.6 Å². The molecule has 0 aliphatic rings. The summed E-state index contributed by atoms with van der Waals surface area (Å²) in [6.07, 6.45) is 2.07. The molecule has 2 amide bonds. The van der Waals surface area contributed by atoms with Crippen molar-refractivity contribution in [3.05, 3.63) is 83.4 Å². The third-order valence-corrected chi connectivity index (χ3v) is 4.38. The Morgan fingerprint density at radius 3 is 2.46 bits per heavy atom. The summed E-state index contributed by atoms with van der Waals surface area (Å²) in [5.41, 5.74) is 5.37. The first-order valence-corrected chi connectivity index (χ1v) is 9.08. The fourth-order valence-corrected chi connectivity index (χ4v) is 2.74. The average molecular weight is 395 g/mol. The van der Waals surface area contributed by atoms with E-state index in [0.717, 1.165) is 10.8 Å². The van der Waals surface area contributed by atoms with E-state index in [4.69, 9.17) is 16.3 Å². The van der Waals surface area contributed by atoms with Crippen molar-refractivity contribution in [3.8, 4) is 5.75 Å². The molecule has 142 valence electrons. The third-order valence-electron chi connectivity index (χ3n) is 4.03. The van der Waals surface area contributed by atoms with E-state index in [1.165, 1.54) is 6.08 Å². The number of hydrogen-bond donors (Lipinski definition) is 2. The molecule has 2 N–H and O–H groups in total. The van der Waals surface area contributed by atoms with Crippen molar-refractivity contribution in [2.24, 2.45) is 0 Å². The van der Waals surface area contributed by atoms with Crippen molar-refractivity contribution in [3.63, 3.8) is 0 Å². The topological polar surface area (TPSA) is 67.4 Å². The van der Waals surface area contributed by atoms with Gasteiger partial charge in [-0.2, -0.15) is 0 Å². The Hall–Kier alpha value is -3.31. The minimum atomic E-state index is -0.783. The highest BCUT2D eigenvalue weighted by atomic mass is 35.5. The molecule has 3 rings (SSSR count). The lowest BCUT2D eigenvalue weighted by atomic mass is 10.1. The molecule has 0 saturated carbocycles. The molecular weight excluding hydrogens is 376 g/mol. The largest absolute Gasteiger partial charge is 0.481 e. The van der Waals surface area contributed by atoms with E-state index in [-0.39, 0.29) is 0 Å². The number of rotatable bonds is 5. The molecular formula is C22H19ClN2O3. The molecule has 5 nitrogen and oxygen atoms in total. The summed E-state index contributed by atoms with van der Waals surface area (Å²) in [5.74, 6) is -0.370. The van der Waals surface area contributed by atoms with Gasteiger partial charge in [0.05, 0.1) is 0 Å². The second kappa shape index (κ2) is 9.06. The monoisotopic (exact) mass is 394 g/mol. The van der Waals surface area contributed by atoms with Crippen LogP contribution in [-0.4, -0.2) is 17.9 Å². The Kier molecular flexibility index (Phi) is 6.29. The highest BCUT2D eigenvalue weighted by Gasteiger charge is 2.15. The van der Waals surface area contributed by atoms with Crippen LogP contribution in [0.3, 0.4) is 0 Å². The fraction of sp³-hybridized carbons (Fsp3) is 0.0909. The number of hydrogen-bond acceptors (Lipinski definition) is 3. The first-order chi connectivity index (χ1) is 13.5. The number of fused-ring (bicyclic) bond motifs is 1. The first kappa shape index (κ1) is 19.5. The van der Waals surface area contributed by atoms with Crippen LogP contribution in [0.4, 0.5) is 0 Å². The normalized spacial score (nSPS) is 11.9. The molecule has 0 heterocycles. The zero-order chi connectivity index (χ0) is 19.9. The highest BCUT2D eigenvalue weighted by molar-refractivity contribution is 6.32.